The molecule has 0 N–H and O–H groups in total. The summed E-state index contributed by atoms with van der Waals surface area (Å²) < 4.78 is 0. The first kappa shape index (κ1) is 11.1. The molecule has 0 saturated carbocycles. The van der Waals surface area contributed by atoms with Gasteiger partial charge >= 0.3 is 0 Å². The number of nitrogens with zero attached hydrogens (tertiary/aromatic N) is 2. The van der Waals surface area contributed by atoms with Crippen LogP contribution in [0.3, 0.4) is 0 Å². The minimum atomic E-state index is 0.560. The van der Waals surface area contributed by atoms with Crippen LogP contribution in [0.25, 0.3) is 0 Å². The summed E-state index contributed by atoms with van der Waals surface area (Å²) >= 11 is 0. The van der Waals surface area contributed by atoms with Gasteiger partial charge in [0.2, 0.25) is 12.2 Å². The Morgan fingerprint density at radius 3 is 2.13 bits per heavy atom. The van der Waals surface area contributed by atoms with Gasteiger partial charge in [-0.05, 0) is 43.5 Å². The van der Waals surface area contributed by atoms with Crippen LogP contribution in [0.4, 0.5) is 11.4 Å². The number of carbonyl (C=O) groups excluding carboxylic acids is 2. The molecule has 0 radical (unpaired) electrons. The zero-order valence-corrected chi connectivity index (χ0v) is 8.79. The Balaban J connectivity index is 3.56. The summed E-state index contributed by atoms with van der Waals surface area (Å²) in [5, 5.41) is 0. The standard InChI is InChI=1S/C11H10N2O2/c1-7-4-10(12-5-14)8(2)9(3)11(7)13-6-15/h4H,1-3H3. The molecule has 0 aromatic heterocycles. The van der Waals surface area contributed by atoms with Crippen LogP contribution in [0.1, 0.15) is 16.7 Å². The molecule has 0 aliphatic carbocycles. The summed E-state index contributed by atoms with van der Waals surface area (Å²) in [6, 6.07) is 1.70. The molecule has 0 bridgehead atoms. The molecule has 4 heteroatoms. The fraction of sp³-hybridized carbons (Fsp3) is 0.273. The van der Waals surface area contributed by atoms with Gasteiger partial charge in [0.25, 0.3) is 0 Å². The van der Waals surface area contributed by atoms with Crippen LogP contribution in [0.2, 0.25) is 0 Å². The molecule has 0 atom stereocenters. The summed E-state index contributed by atoms with van der Waals surface area (Å²) in [5.74, 6) is 0. The van der Waals surface area contributed by atoms with Crippen LogP contribution in [0.15, 0.2) is 16.1 Å². The number of benzene rings is 1. The van der Waals surface area contributed by atoms with Crippen molar-refractivity contribution in [2.45, 2.75) is 20.8 Å². The molecule has 1 aromatic rings. The van der Waals surface area contributed by atoms with Crippen molar-refractivity contribution in [1.82, 2.24) is 0 Å². The van der Waals surface area contributed by atoms with Gasteiger partial charge in [-0.2, -0.15) is 9.98 Å². The fourth-order valence-electron chi connectivity index (χ4n) is 1.43. The highest BCUT2D eigenvalue weighted by atomic mass is 16.1. The van der Waals surface area contributed by atoms with Crippen molar-refractivity contribution in [1.29, 1.82) is 0 Å². The quantitative estimate of drug-likeness (QED) is 0.546. The SMILES string of the molecule is Cc1cc(N=C=O)c(C)c(C)c1N=C=O. The van der Waals surface area contributed by atoms with Gasteiger partial charge in [0.15, 0.2) is 0 Å². The highest BCUT2D eigenvalue weighted by Crippen LogP contribution is 2.32. The molecule has 0 aliphatic heterocycles. The van der Waals surface area contributed by atoms with E-state index in [-0.39, 0.29) is 0 Å². The molecular formula is C11H10N2O2. The molecule has 0 unspecified atom stereocenters. The lowest BCUT2D eigenvalue weighted by Gasteiger charge is -2.08. The third-order valence-electron chi connectivity index (χ3n) is 2.35. The molecule has 76 valence electrons. The van der Waals surface area contributed by atoms with Crippen molar-refractivity contribution in [3.05, 3.63) is 22.8 Å². The molecule has 0 aliphatic rings. The molecule has 0 fully saturated rings. The molecule has 0 saturated heterocycles. The van der Waals surface area contributed by atoms with Crippen molar-refractivity contribution in [2.75, 3.05) is 0 Å². The molecule has 1 aromatic carbocycles. The van der Waals surface area contributed by atoms with E-state index in [4.69, 9.17) is 0 Å². The van der Waals surface area contributed by atoms with Crippen molar-refractivity contribution < 1.29 is 9.59 Å². The van der Waals surface area contributed by atoms with E-state index in [1.165, 1.54) is 12.2 Å². The van der Waals surface area contributed by atoms with Crippen molar-refractivity contribution in [2.24, 2.45) is 9.98 Å². The summed E-state index contributed by atoms with van der Waals surface area (Å²) in [6.45, 7) is 5.43. The average Bonchev–Trinajstić information content (AvgIpc) is 2.21. The minimum absolute atomic E-state index is 0.560. The topological polar surface area (TPSA) is 58.9 Å². The minimum Gasteiger partial charge on any atom is -0.211 e. The van der Waals surface area contributed by atoms with Crippen molar-refractivity contribution in [3.63, 3.8) is 0 Å². The maximum Gasteiger partial charge on any atom is 0.240 e. The Labute approximate surface area is 87.4 Å². The van der Waals surface area contributed by atoms with E-state index in [1.807, 2.05) is 13.8 Å². The molecule has 4 nitrogen and oxygen atoms in total. The highest BCUT2D eigenvalue weighted by molar-refractivity contribution is 5.68. The summed E-state index contributed by atoms with van der Waals surface area (Å²) in [7, 11) is 0. The van der Waals surface area contributed by atoms with Gasteiger partial charge in [0, 0.05) is 0 Å². The van der Waals surface area contributed by atoms with E-state index in [1.54, 1.807) is 13.0 Å². The number of rotatable bonds is 2. The Morgan fingerprint density at radius 1 is 1.00 bits per heavy atom. The monoisotopic (exact) mass is 202 g/mol. The first-order valence-corrected chi connectivity index (χ1v) is 4.38. The molecule has 15 heavy (non-hydrogen) atoms. The van der Waals surface area contributed by atoms with Gasteiger partial charge in [-0.25, -0.2) is 9.59 Å². The average molecular weight is 202 g/mol. The van der Waals surface area contributed by atoms with E-state index in [9.17, 15) is 9.59 Å². The number of hydrogen-bond donors (Lipinski definition) is 0. The summed E-state index contributed by atoms with van der Waals surface area (Å²) in [4.78, 5) is 27.6. The fourth-order valence-corrected chi connectivity index (χ4v) is 1.43. The highest BCUT2D eigenvalue weighted by Gasteiger charge is 2.08. The molecule has 1 rings (SSSR count). The zero-order valence-electron chi connectivity index (χ0n) is 8.79. The Kier molecular flexibility index (Phi) is 3.29. The van der Waals surface area contributed by atoms with E-state index in [0.29, 0.717) is 11.4 Å². The lowest BCUT2D eigenvalue weighted by Crippen LogP contribution is -1.86. The Hall–Kier alpha value is -2.02. The number of aliphatic imine (C=N–C) groups is 2. The van der Waals surface area contributed by atoms with Crippen LogP contribution in [-0.2, 0) is 9.59 Å². The first-order valence-electron chi connectivity index (χ1n) is 4.38. The molecule has 0 heterocycles. The van der Waals surface area contributed by atoms with Gasteiger partial charge in [-0.1, -0.05) is 0 Å². The first-order chi connectivity index (χ1) is 7.11. The van der Waals surface area contributed by atoms with E-state index < -0.39 is 0 Å². The summed E-state index contributed by atoms with van der Waals surface area (Å²) in [6.07, 6.45) is 3.01. The number of aryl methyl sites for hydroxylation is 1. The number of isocyanates is 2. The molecular weight excluding hydrogens is 192 g/mol. The maximum absolute atomic E-state index is 10.2. The Bertz CT molecular complexity index is 494. The maximum atomic E-state index is 10.2. The van der Waals surface area contributed by atoms with E-state index >= 15 is 0 Å². The summed E-state index contributed by atoms with van der Waals surface area (Å²) in [5.41, 5.74) is 3.58. The van der Waals surface area contributed by atoms with E-state index in [2.05, 4.69) is 9.98 Å². The van der Waals surface area contributed by atoms with Crippen molar-refractivity contribution >= 4 is 23.5 Å². The van der Waals surface area contributed by atoms with Gasteiger partial charge in [-0.15, -0.1) is 0 Å². The second-order valence-electron chi connectivity index (χ2n) is 3.22. The van der Waals surface area contributed by atoms with Gasteiger partial charge in [-0.3, -0.25) is 0 Å². The van der Waals surface area contributed by atoms with Gasteiger partial charge in [0.05, 0.1) is 11.4 Å². The van der Waals surface area contributed by atoms with Crippen molar-refractivity contribution in [3.8, 4) is 0 Å². The lowest BCUT2D eigenvalue weighted by molar-refractivity contribution is 0.564. The predicted molar refractivity (Wildman–Crippen MR) is 56.2 cm³/mol. The predicted octanol–water partition coefficient (Wildman–Crippen LogP) is 2.55. The van der Waals surface area contributed by atoms with Crippen LogP contribution in [0.5, 0.6) is 0 Å². The zero-order chi connectivity index (χ0) is 11.4. The van der Waals surface area contributed by atoms with Crippen LogP contribution in [0, 0.1) is 20.8 Å². The second kappa shape index (κ2) is 4.47. The smallest absolute Gasteiger partial charge is 0.211 e. The Morgan fingerprint density at radius 2 is 1.60 bits per heavy atom. The van der Waals surface area contributed by atoms with Gasteiger partial charge < -0.3 is 0 Å². The van der Waals surface area contributed by atoms with Crippen LogP contribution < -0.4 is 0 Å². The number of hydrogen-bond acceptors (Lipinski definition) is 4. The lowest BCUT2D eigenvalue weighted by atomic mass is 10.0. The van der Waals surface area contributed by atoms with Crippen LogP contribution >= 0.6 is 0 Å². The second-order valence-corrected chi connectivity index (χ2v) is 3.22. The normalized spacial score (nSPS) is 9.00. The third-order valence-corrected chi connectivity index (χ3v) is 2.35. The molecule has 0 spiro atoms. The van der Waals surface area contributed by atoms with Gasteiger partial charge in [0.1, 0.15) is 0 Å². The van der Waals surface area contributed by atoms with E-state index in [0.717, 1.165) is 16.7 Å². The molecule has 0 amide bonds. The van der Waals surface area contributed by atoms with Crippen LogP contribution in [-0.4, -0.2) is 12.2 Å². The third kappa shape index (κ3) is 2.08. The largest absolute Gasteiger partial charge is 0.240 e.